The van der Waals surface area contributed by atoms with Gasteiger partial charge in [0, 0.05) is 17.8 Å². The number of rotatable bonds is 7. The molecule has 0 saturated heterocycles. The van der Waals surface area contributed by atoms with E-state index in [0.29, 0.717) is 0 Å². The Morgan fingerprint density at radius 1 is 0.966 bits per heavy atom. The highest BCUT2D eigenvalue weighted by Crippen LogP contribution is 2.59. The van der Waals surface area contributed by atoms with Gasteiger partial charge in [0.1, 0.15) is 11.5 Å². The molecule has 2 N–H and O–H groups in total. The molecule has 0 radical (unpaired) electrons. The van der Waals surface area contributed by atoms with Gasteiger partial charge in [-0.2, -0.15) is 0 Å². The van der Waals surface area contributed by atoms with Crippen LogP contribution in [0.2, 0.25) is 0 Å². The van der Waals surface area contributed by atoms with Crippen LogP contribution in [0.25, 0.3) is 11.1 Å². The molecule has 4 nitrogen and oxygen atoms in total. The summed E-state index contributed by atoms with van der Waals surface area (Å²) in [5, 5.41) is 13.6. The third kappa shape index (κ3) is 3.90. The Hall–Kier alpha value is -2.71. The zero-order valence-corrected chi connectivity index (χ0v) is 17.4. The molecule has 2 atom stereocenters. The van der Waals surface area contributed by atoms with Crippen LogP contribution >= 0.6 is 7.37 Å². The van der Waals surface area contributed by atoms with Gasteiger partial charge < -0.3 is 14.9 Å². The Labute approximate surface area is 172 Å². The molecule has 5 heteroatoms. The maximum atomic E-state index is 14.2. The normalized spacial score (nSPS) is 18.2. The molecule has 2 unspecified atom stereocenters. The van der Waals surface area contributed by atoms with Crippen LogP contribution < -0.4 is 15.1 Å². The smallest absolute Gasteiger partial charge is 0.280 e. The van der Waals surface area contributed by atoms with Crippen molar-refractivity contribution >= 4 is 18.4 Å². The van der Waals surface area contributed by atoms with Crippen molar-refractivity contribution in [1.29, 1.82) is 0 Å². The number of hydrogen-bond donors (Lipinski definition) is 2. The molecule has 0 amide bonds. The first-order valence-electron chi connectivity index (χ1n) is 10.1. The molecule has 0 bridgehead atoms. The van der Waals surface area contributed by atoms with Crippen molar-refractivity contribution in [3.8, 4) is 22.6 Å². The Balaban J connectivity index is 1.51. The summed E-state index contributed by atoms with van der Waals surface area (Å²) in [6, 6.07) is 22.8. The van der Waals surface area contributed by atoms with E-state index in [1.165, 1.54) is 0 Å². The van der Waals surface area contributed by atoms with E-state index in [2.05, 4.69) is 12.2 Å². The molecule has 0 aliphatic carbocycles. The first-order chi connectivity index (χ1) is 14.1. The molecule has 150 valence electrons. The minimum absolute atomic E-state index is 0.0291. The lowest BCUT2D eigenvalue weighted by Crippen LogP contribution is -2.26. The van der Waals surface area contributed by atoms with E-state index in [4.69, 9.17) is 4.52 Å². The van der Waals surface area contributed by atoms with Gasteiger partial charge in [-0.05, 0) is 61.2 Å². The fraction of sp³-hybridized carbons (Fsp3) is 0.250. The van der Waals surface area contributed by atoms with Crippen molar-refractivity contribution < 1.29 is 14.2 Å². The molecule has 1 aliphatic heterocycles. The lowest BCUT2D eigenvalue weighted by molar-refractivity contribution is 0.467. The van der Waals surface area contributed by atoms with Gasteiger partial charge in [0.05, 0.1) is 11.0 Å². The van der Waals surface area contributed by atoms with Gasteiger partial charge in [-0.15, -0.1) is 0 Å². The maximum absolute atomic E-state index is 14.2. The number of benzene rings is 3. The number of hydrogen-bond acceptors (Lipinski definition) is 4. The molecule has 3 aromatic rings. The summed E-state index contributed by atoms with van der Waals surface area (Å²) in [6.45, 7) is 2.86. The fourth-order valence-electron chi connectivity index (χ4n) is 3.97. The fourth-order valence-corrected chi connectivity index (χ4v) is 6.89. The summed E-state index contributed by atoms with van der Waals surface area (Å²) in [5.74, 6) is 0.975. The summed E-state index contributed by atoms with van der Waals surface area (Å²) in [7, 11) is -3.03. The molecule has 0 fully saturated rings. The number of phenolic OH excluding ortho intramolecular Hbond substituents is 1. The first kappa shape index (κ1) is 19.6. The molecular weight excluding hydrogens is 381 g/mol. The lowest BCUT2D eigenvalue weighted by atomic mass is 10.0. The van der Waals surface area contributed by atoms with Crippen molar-refractivity contribution in [3.63, 3.8) is 0 Å². The predicted octanol–water partition coefficient (Wildman–Crippen LogP) is 6.03. The summed E-state index contributed by atoms with van der Waals surface area (Å²) in [4.78, 5) is 0. The highest BCUT2D eigenvalue weighted by Gasteiger charge is 2.41. The number of anilines is 1. The van der Waals surface area contributed by atoms with Gasteiger partial charge in [0.25, 0.3) is 7.37 Å². The molecule has 0 saturated carbocycles. The SMILES string of the molecule is CCC(CCCNc1ccc(O)cc1)P1(=O)Oc2ccccc2-c2ccccc21. The second kappa shape index (κ2) is 8.34. The van der Waals surface area contributed by atoms with Gasteiger partial charge in [0.2, 0.25) is 0 Å². The molecular formula is C24H26NO3P. The quantitative estimate of drug-likeness (QED) is 0.285. The predicted molar refractivity (Wildman–Crippen MR) is 120 cm³/mol. The van der Waals surface area contributed by atoms with Crippen LogP contribution in [0.15, 0.2) is 72.8 Å². The Morgan fingerprint density at radius 2 is 1.66 bits per heavy atom. The number of para-hydroxylation sites is 1. The number of fused-ring (bicyclic) bond motifs is 3. The highest BCUT2D eigenvalue weighted by molar-refractivity contribution is 7.68. The Bertz CT molecular complexity index is 1030. The van der Waals surface area contributed by atoms with Gasteiger partial charge >= 0.3 is 0 Å². The van der Waals surface area contributed by atoms with E-state index in [-0.39, 0.29) is 11.4 Å². The van der Waals surface area contributed by atoms with E-state index in [9.17, 15) is 9.67 Å². The maximum Gasteiger partial charge on any atom is 0.280 e. The topological polar surface area (TPSA) is 58.6 Å². The Morgan fingerprint density at radius 3 is 2.41 bits per heavy atom. The van der Waals surface area contributed by atoms with Crippen LogP contribution in [0.5, 0.6) is 11.5 Å². The average molecular weight is 407 g/mol. The third-order valence-electron chi connectivity index (χ3n) is 5.51. The summed E-state index contributed by atoms with van der Waals surface area (Å²) in [5.41, 5.74) is 2.98. The average Bonchev–Trinajstić information content (AvgIpc) is 2.75. The third-order valence-corrected chi connectivity index (χ3v) is 8.63. The summed E-state index contributed by atoms with van der Waals surface area (Å²) < 4.78 is 20.4. The second-order valence-electron chi connectivity index (χ2n) is 7.38. The monoisotopic (exact) mass is 407 g/mol. The molecule has 1 heterocycles. The molecule has 1 aliphatic rings. The van der Waals surface area contributed by atoms with Crippen LogP contribution in [0.4, 0.5) is 5.69 Å². The minimum Gasteiger partial charge on any atom is -0.508 e. The molecule has 3 aromatic carbocycles. The van der Waals surface area contributed by atoms with E-state index < -0.39 is 7.37 Å². The van der Waals surface area contributed by atoms with Crippen LogP contribution in [-0.4, -0.2) is 17.3 Å². The molecule has 29 heavy (non-hydrogen) atoms. The van der Waals surface area contributed by atoms with Crippen molar-refractivity contribution in [3.05, 3.63) is 72.8 Å². The molecule has 0 aromatic heterocycles. The zero-order valence-electron chi connectivity index (χ0n) is 16.5. The Kier molecular flexibility index (Phi) is 5.64. The van der Waals surface area contributed by atoms with Crippen LogP contribution in [0, 0.1) is 0 Å². The molecule has 4 rings (SSSR count). The zero-order chi connectivity index (χ0) is 20.3. The second-order valence-corrected chi connectivity index (χ2v) is 9.97. The van der Waals surface area contributed by atoms with Crippen molar-refractivity contribution in [2.75, 3.05) is 11.9 Å². The summed E-state index contributed by atoms with van der Waals surface area (Å²) in [6.07, 6.45) is 2.50. The van der Waals surface area contributed by atoms with E-state index in [1.807, 2.05) is 60.7 Å². The van der Waals surface area contributed by atoms with Crippen LogP contribution in [-0.2, 0) is 4.57 Å². The minimum atomic E-state index is -3.03. The number of aromatic hydroxyl groups is 1. The van der Waals surface area contributed by atoms with Crippen LogP contribution in [0.1, 0.15) is 26.2 Å². The lowest BCUT2D eigenvalue weighted by Gasteiger charge is -2.33. The van der Waals surface area contributed by atoms with Gasteiger partial charge in [-0.3, -0.25) is 4.57 Å². The standard InChI is InChI=1S/C24H26NO3P/c1-2-20(8-7-17-25-18-13-15-19(26)16-14-18)29(27)24-12-6-4-10-22(24)21-9-3-5-11-23(21)28-29/h3-6,9-16,20,25-26H,2,7-8,17H2,1H3. The van der Waals surface area contributed by atoms with Gasteiger partial charge in [0.15, 0.2) is 0 Å². The van der Waals surface area contributed by atoms with Gasteiger partial charge in [-0.1, -0.05) is 43.3 Å². The largest absolute Gasteiger partial charge is 0.508 e. The number of nitrogens with one attached hydrogen (secondary N) is 1. The van der Waals surface area contributed by atoms with Crippen LogP contribution in [0.3, 0.4) is 0 Å². The first-order valence-corrected chi connectivity index (χ1v) is 11.8. The highest BCUT2D eigenvalue weighted by atomic mass is 31.2. The van der Waals surface area contributed by atoms with Gasteiger partial charge in [-0.25, -0.2) is 0 Å². The summed E-state index contributed by atoms with van der Waals surface area (Å²) >= 11 is 0. The molecule has 0 spiro atoms. The number of phenols is 1. The van der Waals surface area contributed by atoms with E-state index in [1.54, 1.807) is 12.1 Å². The van der Waals surface area contributed by atoms with E-state index in [0.717, 1.165) is 53.7 Å². The van der Waals surface area contributed by atoms with Crippen molar-refractivity contribution in [1.82, 2.24) is 0 Å². The van der Waals surface area contributed by atoms with Crippen molar-refractivity contribution in [2.45, 2.75) is 31.8 Å². The van der Waals surface area contributed by atoms with Crippen molar-refractivity contribution in [2.24, 2.45) is 0 Å². The van der Waals surface area contributed by atoms with E-state index >= 15 is 0 Å².